The second-order valence-electron chi connectivity index (χ2n) is 13.6. The second-order valence-corrected chi connectivity index (χ2v) is 18.3. The molecule has 2 aliphatic heterocycles. The van der Waals surface area contributed by atoms with Crippen LogP contribution in [0.15, 0.2) is 0 Å². The highest BCUT2D eigenvalue weighted by molar-refractivity contribution is 6.83. The lowest BCUT2D eigenvalue weighted by Crippen LogP contribution is -2.60. The van der Waals surface area contributed by atoms with E-state index in [0.29, 0.717) is 25.8 Å². The minimum Gasteiger partial charge on any atom is -0.451 e. The number of nitrogens with one attached hydrogen (secondary N) is 2. The molecule has 5 amide bonds. The van der Waals surface area contributed by atoms with Gasteiger partial charge in [-0.05, 0) is 31.6 Å². The first-order chi connectivity index (χ1) is 20.9. The normalized spacial score (nSPS) is 27.4. The summed E-state index contributed by atoms with van der Waals surface area (Å²) in [7, 11) is 1.25. The van der Waals surface area contributed by atoms with Crippen molar-refractivity contribution in [2.45, 2.75) is 117 Å². The number of rotatable bonds is 4. The van der Waals surface area contributed by atoms with Gasteiger partial charge < -0.3 is 30.1 Å². The van der Waals surface area contributed by atoms with E-state index in [2.05, 4.69) is 41.7 Å². The van der Waals surface area contributed by atoms with Crippen LogP contribution >= 0.6 is 0 Å². The Labute approximate surface area is 269 Å². The Bertz CT molecular complexity index is 1190. The van der Waals surface area contributed by atoms with Gasteiger partial charge in [0.1, 0.15) is 32.2 Å². The Morgan fingerprint density at radius 3 is 2.18 bits per heavy atom. The van der Waals surface area contributed by atoms with Gasteiger partial charge in [-0.25, -0.2) is 0 Å². The number of cyclic esters (lactones) is 1. The molecule has 12 nitrogen and oxygen atoms in total. The van der Waals surface area contributed by atoms with Crippen LogP contribution in [0.2, 0.25) is 19.6 Å². The smallest absolute Gasteiger partial charge is 0.308 e. The Morgan fingerprint density at radius 1 is 0.956 bits per heavy atom. The molecule has 2 rings (SSSR count). The SMILES string of the molecule is CC[C@H](C)[C@@H]1NC(=O)[C@@H]2CCCN2C(=O)[C@H](CC#C[Si](C)(C)C)OC(=O)CCNC(=O)[C@H](C)N(C)C(=O)C(C(C)C)N(C)C1=O. The van der Waals surface area contributed by atoms with E-state index in [1.165, 1.54) is 28.8 Å². The molecule has 2 N–H and O–H groups in total. The number of fused-ring (bicyclic) bond motifs is 1. The van der Waals surface area contributed by atoms with Crippen molar-refractivity contribution in [1.29, 1.82) is 0 Å². The monoisotopic (exact) mass is 647 g/mol. The van der Waals surface area contributed by atoms with Crippen molar-refractivity contribution in [2.75, 3.05) is 27.2 Å². The molecule has 1 unspecified atom stereocenters. The molecule has 0 saturated carbocycles. The summed E-state index contributed by atoms with van der Waals surface area (Å²) in [6, 6.07) is -3.61. The quantitative estimate of drug-likeness (QED) is 0.268. The molecule has 0 aromatic heterocycles. The molecule has 2 aliphatic rings. The molecule has 0 radical (unpaired) electrons. The zero-order valence-electron chi connectivity index (χ0n) is 28.7. The number of carbonyl (C=O) groups is 6. The first kappa shape index (κ1) is 37.8. The van der Waals surface area contributed by atoms with Gasteiger partial charge in [-0.1, -0.05) is 53.8 Å². The fraction of sp³-hybridized carbons (Fsp3) is 0.750. The van der Waals surface area contributed by atoms with Crippen LogP contribution < -0.4 is 10.6 Å². The molecule has 2 saturated heterocycles. The zero-order valence-corrected chi connectivity index (χ0v) is 29.7. The minimum absolute atomic E-state index is 0.0225. The molecule has 45 heavy (non-hydrogen) atoms. The summed E-state index contributed by atoms with van der Waals surface area (Å²) >= 11 is 0. The molecule has 6 atom stereocenters. The topological polar surface area (TPSA) is 145 Å². The van der Waals surface area contributed by atoms with Crippen LogP contribution in [0.5, 0.6) is 0 Å². The van der Waals surface area contributed by atoms with E-state index in [4.69, 9.17) is 4.74 Å². The fourth-order valence-electron chi connectivity index (χ4n) is 5.49. The van der Waals surface area contributed by atoms with E-state index < -0.39 is 73.9 Å². The van der Waals surface area contributed by atoms with Crippen molar-refractivity contribution < 1.29 is 33.5 Å². The Morgan fingerprint density at radius 2 is 1.60 bits per heavy atom. The van der Waals surface area contributed by atoms with Crippen molar-refractivity contribution in [2.24, 2.45) is 11.8 Å². The third-order valence-corrected chi connectivity index (χ3v) is 9.43. The number of carbonyl (C=O) groups excluding carboxylic acids is 6. The zero-order chi connectivity index (χ0) is 34.2. The molecule has 252 valence electrons. The van der Waals surface area contributed by atoms with Gasteiger partial charge in [0, 0.05) is 27.2 Å². The molecule has 2 fully saturated rings. The van der Waals surface area contributed by atoms with Crippen LogP contribution in [0.3, 0.4) is 0 Å². The highest BCUT2D eigenvalue weighted by atomic mass is 28.3. The summed E-state index contributed by atoms with van der Waals surface area (Å²) in [6.07, 6.45) is 0.0769. The minimum atomic E-state index is -1.78. The van der Waals surface area contributed by atoms with E-state index in [9.17, 15) is 28.8 Å². The summed E-state index contributed by atoms with van der Waals surface area (Å²) < 4.78 is 5.61. The number of hydrogen-bond acceptors (Lipinski definition) is 7. The molecule has 13 heteroatoms. The van der Waals surface area contributed by atoms with Crippen LogP contribution in [-0.4, -0.2) is 116 Å². The van der Waals surface area contributed by atoms with Gasteiger partial charge in [0.15, 0.2) is 6.10 Å². The largest absolute Gasteiger partial charge is 0.451 e. The first-order valence-corrected chi connectivity index (χ1v) is 19.5. The maximum Gasteiger partial charge on any atom is 0.308 e. The second kappa shape index (κ2) is 16.2. The summed E-state index contributed by atoms with van der Waals surface area (Å²) in [5.41, 5.74) is 3.19. The van der Waals surface area contributed by atoms with E-state index in [0.717, 1.165) is 0 Å². The lowest BCUT2D eigenvalue weighted by atomic mass is 9.94. The number of amides is 5. The standard InChI is InChI=1S/C32H53N5O7Si/c1-11-21(4)26-31(42)36(7)27(20(2)3)32(43)35(6)22(5)28(39)33-17-16-25(38)44-24(15-13-19-45(8,9)10)30(41)37-18-12-14-23(37)29(40)34-26/h20-24,26-27H,11-12,14-18H2,1-10H3,(H,33,39)(H,34,40)/t21-,22-,23-,24-,26-,27?/m0/s1. The summed E-state index contributed by atoms with van der Waals surface area (Å²) in [6.45, 7) is 15.4. The van der Waals surface area contributed by atoms with Gasteiger partial charge in [0.05, 0.1) is 12.8 Å². The maximum atomic E-state index is 14.0. The first-order valence-electron chi connectivity index (χ1n) is 16.0. The average Bonchev–Trinajstić information content (AvgIpc) is 3.46. The lowest BCUT2D eigenvalue weighted by Gasteiger charge is -2.38. The maximum absolute atomic E-state index is 14.0. The number of esters is 1. The number of likely N-dealkylation sites (N-methyl/N-ethyl adjacent to an activating group) is 2. The third-order valence-electron chi connectivity index (χ3n) is 8.50. The van der Waals surface area contributed by atoms with Crippen molar-refractivity contribution in [3.05, 3.63) is 0 Å². The summed E-state index contributed by atoms with van der Waals surface area (Å²) in [4.78, 5) is 85.2. The molecule has 2 heterocycles. The fourth-order valence-corrected chi connectivity index (χ4v) is 6.12. The van der Waals surface area contributed by atoms with Crippen LogP contribution in [-0.2, 0) is 33.5 Å². The summed E-state index contributed by atoms with van der Waals surface area (Å²) in [5.74, 6) is -0.585. The predicted octanol–water partition coefficient (Wildman–Crippen LogP) is 1.54. The van der Waals surface area contributed by atoms with Gasteiger partial charge in [0.2, 0.25) is 23.6 Å². The number of hydrogen-bond donors (Lipinski definition) is 2. The van der Waals surface area contributed by atoms with Gasteiger partial charge in [-0.3, -0.25) is 28.8 Å². The molecular formula is C32H53N5O7Si. The molecule has 0 bridgehead atoms. The van der Waals surface area contributed by atoms with E-state index >= 15 is 0 Å². The molecule has 0 aliphatic carbocycles. The van der Waals surface area contributed by atoms with Crippen molar-refractivity contribution in [3.8, 4) is 11.5 Å². The third kappa shape index (κ3) is 10.0. The van der Waals surface area contributed by atoms with Crippen molar-refractivity contribution >= 4 is 43.6 Å². The molecule has 0 aromatic rings. The lowest BCUT2D eigenvalue weighted by molar-refractivity contribution is -0.161. The van der Waals surface area contributed by atoms with Gasteiger partial charge in [0.25, 0.3) is 5.91 Å². The van der Waals surface area contributed by atoms with E-state index in [1.54, 1.807) is 6.92 Å². The van der Waals surface area contributed by atoms with Gasteiger partial charge in [-0.15, -0.1) is 11.5 Å². The van der Waals surface area contributed by atoms with Crippen LogP contribution in [0.25, 0.3) is 0 Å². The van der Waals surface area contributed by atoms with Gasteiger partial charge >= 0.3 is 5.97 Å². The average molecular weight is 648 g/mol. The van der Waals surface area contributed by atoms with E-state index in [-0.39, 0.29) is 31.2 Å². The number of ether oxygens (including phenoxy) is 1. The highest BCUT2D eigenvalue weighted by Gasteiger charge is 2.42. The Kier molecular flexibility index (Phi) is 13.6. The van der Waals surface area contributed by atoms with Crippen LogP contribution in [0, 0.1) is 23.3 Å². The van der Waals surface area contributed by atoms with Crippen molar-refractivity contribution in [3.63, 3.8) is 0 Å². The van der Waals surface area contributed by atoms with Crippen LogP contribution in [0.4, 0.5) is 0 Å². The molecular weight excluding hydrogens is 594 g/mol. The Hall–Kier alpha value is -3.40. The molecule has 0 spiro atoms. The summed E-state index contributed by atoms with van der Waals surface area (Å²) in [5, 5.41) is 5.57. The molecule has 0 aromatic carbocycles. The van der Waals surface area contributed by atoms with Crippen molar-refractivity contribution in [1.82, 2.24) is 25.3 Å². The Balaban J connectivity index is 2.56. The highest BCUT2D eigenvalue weighted by Crippen LogP contribution is 2.23. The van der Waals surface area contributed by atoms with E-state index in [1.807, 2.05) is 27.7 Å². The van der Waals surface area contributed by atoms with Crippen LogP contribution in [0.1, 0.15) is 66.7 Å². The van der Waals surface area contributed by atoms with Gasteiger partial charge in [-0.2, -0.15) is 0 Å². The predicted molar refractivity (Wildman–Crippen MR) is 173 cm³/mol. The number of nitrogens with zero attached hydrogens (tertiary/aromatic N) is 3.